The van der Waals surface area contributed by atoms with Crippen LogP contribution in [0.3, 0.4) is 0 Å². The molecule has 0 saturated carbocycles. The van der Waals surface area contributed by atoms with E-state index in [0.717, 1.165) is 5.56 Å². The van der Waals surface area contributed by atoms with Crippen LogP contribution < -0.4 is 5.32 Å². The second kappa shape index (κ2) is 6.50. The van der Waals surface area contributed by atoms with Crippen LogP contribution in [0.4, 0.5) is 5.69 Å². The lowest BCUT2D eigenvalue weighted by atomic mass is 10.1. The van der Waals surface area contributed by atoms with Crippen molar-refractivity contribution in [3.63, 3.8) is 0 Å². The number of rotatable bonds is 4. The maximum atomic E-state index is 12.2. The molecule has 2 aromatic carbocycles. The highest BCUT2D eigenvalue weighted by Gasteiger charge is 2.19. The van der Waals surface area contributed by atoms with E-state index in [1.54, 1.807) is 24.3 Å². The first-order valence-corrected chi connectivity index (χ1v) is 6.13. The van der Waals surface area contributed by atoms with Gasteiger partial charge in [-0.15, -0.1) is 0 Å². The predicted octanol–water partition coefficient (Wildman–Crippen LogP) is 2.88. The zero-order valence-electron chi connectivity index (χ0n) is 11.0. The third-order valence-electron chi connectivity index (χ3n) is 2.86. The summed E-state index contributed by atoms with van der Waals surface area (Å²) in [6.45, 7) is 0. The van der Waals surface area contributed by atoms with Gasteiger partial charge in [0.05, 0.1) is 11.6 Å². The standard InChI is InChI=1S/C16H14N2O2/c1-20-15(13-5-3-2-4-6-13)16(19)18-14-9-7-12(11-17)8-10-14/h2-10,15H,1H3,(H,18,19). The van der Waals surface area contributed by atoms with Crippen LogP contribution in [-0.4, -0.2) is 13.0 Å². The van der Waals surface area contributed by atoms with Crippen LogP contribution in [0.1, 0.15) is 17.2 Å². The molecule has 0 fully saturated rings. The summed E-state index contributed by atoms with van der Waals surface area (Å²) < 4.78 is 5.25. The number of carbonyl (C=O) groups excluding carboxylic acids is 1. The van der Waals surface area contributed by atoms with E-state index in [-0.39, 0.29) is 5.91 Å². The van der Waals surface area contributed by atoms with Crippen LogP contribution in [0.2, 0.25) is 0 Å². The summed E-state index contributed by atoms with van der Waals surface area (Å²) in [5.74, 6) is -0.247. The van der Waals surface area contributed by atoms with Crippen molar-refractivity contribution in [2.75, 3.05) is 12.4 Å². The number of nitriles is 1. The highest BCUT2D eigenvalue weighted by atomic mass is 16.5. The molecule has 0 aliphatic heterocycles. The largest absolute Gasteiger partial charge is 0.367 e. The molecular formula is C16H14N2O2. The van der Waals surface area contributed by atoms with Crippen molar-refractivity contribution in [1.29, 1.82) is 5.26 Å². The number of methoxy groups -OCH3 is 1. The number of benzene rings is 2. The summed E-state index contributed by atoms with van der Waals surface area (Å²) in [7, 11) is 1.50. The second-order valence-corrected chi connectivity index (χ2v) is 4.20. The van der Waals surface area contributed by atoms with Crippen molar-refractivity contribution < 1.29 is 9.53 Å². The molecule has 20 heavy (non-hydrogen) atoms. The first-order chi connectivity index (χ1) is 9.74. The number of nitrogens with zero attached hydrogens (tertiary/aromatic N) is 1. The van der Waals surface area contributed by atoms with Gasteiger partial charge in [0.15, 0.2) is 6.10 Å². The van der Waals surface area contributed by atoms with Gasteiger partial charge in [-0.2, -0.15) is 5.26 Å². The predicted molar refractivity (Wildman–Crippen MR) is 76.0 cm³/mol. The lowest BCUT2D eigenvalue weighted by Crippen LogP contribution is -2.22. The monoisotopic (exact) mass is 266 g/mol. The van der Waals surface area contributed by atoms with Crippen LogP contribution in [0.5, 0.6) is 0 Å². The minimum absolute atomic E-state index is 0.247. The molecule has 4 heteroatoms. The molecule has 1 N–H and O–H groups in total. The van der Waals surface area contributed by atoms with E-state index in [1.165, 1.54) is 7.11 Å². The molecule has 4 nitrogen and oxygen atoms in total. The van der Waals surface area contributed by atoms with Crippen LogP contribution in [0.15, 0.2) is 54.6 Å². The Bertz CT molecular complexity index is 615. The van der Waals surface area contributed by atoms with Crippen LogP contribution >= 0.6 is 0 Å². The van der Waals surface area contributed by atoms with Gasteiger partial charge in [0.25, 0.3) is 5.91 Å². The van der Waals surface area contributed by atoms with Gasteiger partial charge in [0, 0.05) is 12.8 Å². The Morgan fingerprint density at radius 1 is 1.15 bits per heavy atom. The molecule has 0 aliphatic rings. The number of amides is 1. The fraction of sp³-hybridized carbons (Fsp3) is 0.125. The number of ether oxygens (including phenoxy) is 1. The van der Waals surface area contributed by atoms with Gasteiger partial charge in [-0.25, -0.2) is 0 Å². The lowest BCUT2D eigenvalue weighted by Gasteiger charge is -2.15. The van der Waals surface area contributed by atoms with Crippen molar-refractivity contribution in [3.05, 3.63) is 65.7 Å². The number of carbonyl (C=O) groups is 1. The van der Waals surface area contributed by atoms with E-state index >= 15 is 0 Å². The average molecular weight is 266 g/mol. The number of hydrogen-bond donors (Lipinski definition) is 1. The third-order valence-corrected chi connectivity index (χ3v) is 2.86. The molecule has 100 valence electrons. The Kier molecular flexibility index (Phi) is 4.48. The maximum absolute atomic E-state index is 12.2. The molecule has 2 aromatic rings. The number of nitrogens with one attached hydrogen (secondary N) is 1. The van der Waals surface area contributed by atoms with Crippen LogP contribution in [-0.2, 0) is 9.53 Å². The molecule has 0 bridgehead atoms. The molecule has 2 rings (SSSR count). The van der Waals surface area contributed by atoms with Gasteiger partial charge < -0.3 is 10.1 Å². The SMILES string of the molecule is COC(C(=O)Nc1ccc(C#N)cc1)c1ccccc1. The molecular weight excluding hydrogens is 252 g/mol. The fourth-order valence-electron chi connectivity index (χ4n) is 1.86. The normalized spacial score (nSPS) is 11.4. The summed E-state index contributed by atoms with van der Waals surface area (Å²) in [5.41, 5.74) is 1.97. The maximum Gasteiger partial charge on any atom is 0.258 e. The van der Waals surface area contributed by atoms with E-state index in [9.17, 15) is 4.79 Å². The molecule has 0 radical (unpaired) electrons. The Morgan fingerprint density at radius 2 is 1.80 bits per heavy atom. The molecule has 0 spiro atoms. The van der Waals surface area contributed by atoms with Gasteiger partial charge in [0.2, 0.25) is 0 Å². The molecule has 1 atom stereocenters. The molecule has 1 amide bonds. The molecule has 0 saturated heterocycles. The quantitative estimate of drug-likeness (QED) is 0.925. The van der Waals surface area contributed by atoms with E-state index in [0.29, 0.717) is 11.3 Å². The molecule has 0 aliphatic carbocycles. The van der Waals surface area contributed by atoms with Gasteiger partial charge >= 0.3 is 0 Å². The smallest absolute Gasteiger partial charge is 0.258 e. The molecule has 1 unspecified atom stereocenters. The van der Waals surface area contributed by atoms with Gasteiger partial charge in [-0.1, -0.05) is 30.3 Å². The van der Waals surface area contributed by atoms with E-state index < -0.39 is 6.10 Å². The van der Waals surface area contributed by atoms with Gasteiger partial charge in [0.1, 0.15) is 0 Å². The van der Waals surface area contributed by atoms with Gasteiger partial charge in [-0.3, -0.25) is 4.79 Å². The first-order valence-electron chi connectivity index (χ1n) is 6.13. The molecule has 0 aromatic heterocycles. The minimum atomic E-state index is -0.660. The average Bonchev–Trinajstić information content (AvgIpc) is 2.50. The Balaban J connectivity index is 2.11. The van der Waals surface area contributed by atoms with Crippen LogP contribution in [0.25, 0.3) is 0 Å². The summed E-state index contributed by atoms with van der Waals surface area (Å²) >= 11 is 0. The number of hydrogen-bond acceptors (Lipinski definition) is 3. The van der Waals surface area contributed by atoms with Crippen molar-refractivity contribution >= 4 is 11.6 Å². The van der Waals surface area contributed by atoms with Crippen molar-refractivity contribution in [3.8, 4) is 6.07 Å². The van der Waals surface area contributed by atoms with E-state index in [2.05, 4.69) is 5.32 Å². The van der Waals surface area contributed by atoms with E-state index in [1.807, 2.05) is 36.4 Å². The Labute approximate surface area is 117 Å². The van der Waals surface area contributed by atoms with Crippen LogP contribution in [0, 0.1) is 11.3 Å². The lowest BCUT2D eigenvalue weighted by molar-refractivity contribution is -0.126. The highest BCUT2D eigenvalue weighted by Crippen LogP contribution is 2.19. The van der Waals surface area contributed by atoms with Crippen molar-refractivity contribution in [1.82, 2.24) is 0 Å². The first kappa shape index (κ1) is 13.8. The van der Waals surface area contributed by atoms with Gasteiger partial charge in [-0.05, 0) is 29.8 Å². The number of anilines is 1. The Hall–Kier alpha value is -2.64. The fourth-order valence-corrected chi connectivity index (χ4v) is 1.86. The second-order valence-electron chi connectivity index (χ2n) is 4.20. The Morgan fingerprint density at radius 3 is 2.35 bits per heavy atom. The zero-order valence-corrected chi connectivity index (χ0v) is 11.0. The van der Waals surface area contributed by atoms with Crippen molar-refractivity contribution in [2.24, 2.45) is 0 Å². The zero-order chi connectivity index (χ0) is 14.4. The van der Waals surface area contributed by atoms with E-state index in [4.69, 9.17) is 10.00 Å². The summed E-state index contributed by atoms with van der Waals surface area (Å²) in [6, 6.07) is 18.0. The third kappa shape index (κ3) is 3.22. The minimum Gasteiger partial charge on any atom is -0.367 e. The molecule has 0 heterocycles. The highest BCUT2D eigenvalue weighted by molar-refractivity contribution is 5.94. The summed E-state index contributed by atoms with van der Waals surface area (Å²) in [4.78, 5) is 12.2. The topological polar surface area (TPSA) is 62.1 Å². The summed E-state index contributed by atoms with van der Waals surface area (Å²) in [6.07, 6.45) is -0.660. The van der Waals surface area contributed by atoms with Crippen molar-refractivity contribution in [2.45, 2.75) is 6.10 Å². The summed E-state index contributed by atoms with van der Waals surface area (Å²) in [5, 5.41) is 11.5.